The zero-order chi connectivity index (χ0) is 21.3. The molecule has 0 aliphatic carbocycles. The Morgan fingerprint density at radius 1 is 1.30 bits per heavy atom. The van der Waals surface area contributed by atoms with Crippen molar-refractivity contribution in [1.82, 2.24) is 10.2 Å². The first-order valence-electron chi connectivity index (χ1n) is 9.20. The molecule has 1 aromatic heterocycles. The van der Waals surface area contributed by atoms with Gasteiger partial charge in [-0.2, -0.15) is 5.26 Å². The monoisotopic (exact) mass is 422 g/mol. The molecule has 30 heavy (non-hydrogen) atoms. The van der Waals surface area contributed by atoms with Crippen LogP contribution in [0.3, 0.4) is 0 Å². The Hall–Kier alpha value is -3.63. The number of fused-ring (bicyclic) bond motifs is 1. The highest BCUT2D eigenvalue weighted by Gasteiger charge is 2.36. The quantitative estimate of drug-likeness (QED) is 0.638. The molecule has 0 saturated heterocycles. The summed E-state index contributed by atoms with van der Waals surface area (Å²) in [6.45, 7) is 2.12. The van der Waals surface area contributed by atoms with Crippen LogP contribution in [0.15, 0.2) is 53.9 Å². The lowest BCUT2D eigenvalue weighted by Gasteiger charge is -2.25. The molecular formula is C22H19ClN4O3. The topological polar surface area (TPSA) is 106 Å². The molecule has 0 amide bonds. The molecule has 0 fully saturated rings. The van der Waals surface area contributed by atoms with Crippen LogP contribution in [-0.4, -0.2) is 17.3 Å². The zero-order valence-electron chi connectivity index (χ0n) is 16.4. The largest absolute Gasteiger partial charge is 0.497 e. The van der Waals surface area contributed by atoms with E-state index in [2.05, 4.69) is 16.3 Å². The first-order chi connectivity index (χ1) is 14.5. The number of halogens is 1. The van der Waals surface area contributed by atoms with Gasteiger partial charge in [-0.05, 0) is 19.1 Å². The molecule has 1 aliphatic heterocycles. The maximum Gasteiger partial charge on any atom is 0.244 e. The Morgan fingerprint density at radius 2 is 2.10 bits per heavy atom. The molecule has 4 rings (SSSR count). The number of nitrogens with two attached hydrogens (primary N) is 1. The number of H-pyrrole nitrogens is 1. The maximum absolute atomic E-state index is 9.80. The minimum atomic E-state index is -0.496. The number of ether oxygens (including phenoxy) is 3. The lowest BCUT2D eigenvalue weighted by atomic mass is 9.83. The van der Waals surface area contributed by atoms with Crippen LogP contribution >= 0.6 is 11.6 Å². The van der Waals surface area contributed by atoms with Gasteiger partial charge in [0.25, 0.3) is 0 Å². The second kappa shape index (κ2) is 8.01. The fraction of sp³-hybridized carbons (Fsp3) is 0.182. The molecule has 0 unspecified atom stereocenters. The van der Waals surface area contributed by atoms with E-state index in [1.165, 1.54) is 0 Å². The van der Waals surface area contributed by atoms with Crippen LogP contribution in [0.4, 0.5) is 0 Å². The van der Waals surface area contributed by atoms with Crippen LogP contribution in [0.1, 0.15) is 28.3 Å². The molecule has 0 radical (unpaired) electrons. The van der Waals surface area contributed by atoms with E-state index in [1.807, 2.05) is 43.3 Å². The average Bonchev–Trinajstić information content (AvgIpc) is 3.12. The lowest BCUT2D eigenvalue weighted by molar-refractivity contribution is 0.299. The fourth-order valence-electron chi connectivity index (χ4n) is 3.49. The third-order valence-electron chi connectivity index (χ3n) is 5.00. The molecule has 1 atom stereocenters. The van der Waals surface area contributed by atoms with Crippen molar-refractivity contribution in [2.24, 2.45) is 5.73 Å². The van der Waals surface area contributed by atoms with Gasteiger partial charge in [-0.3, -0.25) is 5.10 Å². The van der Waals surface area contributed by atoms with E-state index in [4.69, 9.17) is 31.5 Å². The van der Waals surface area contributed by atoms with Gasteiger partial charge in [0.15, 0.2) is 0 Å². The standard InChI is InChI=1S/C22H19ClN4O3/c1-12-19-20(16(10-24)21(25)30-22(19)27-26-12)15-8-7-14(28-2)9-18(15)29-11-13-5-3-4-6-17(13)23/h3-9,20H,11,25H2,1-2H3,(H,26,27)/t20-/m1/s1. The number of aromatic amines is 1. The Balaban J connectivity index is 1.81. The summed E-state index contributed by atoms with van der Waals surface area (Å²) >= 11 is 6.27. The number of hydrogen-bond donors (Lipinski definition) is 2. The van der Waals surface area contributed by atoms with Crippen LogP contribution < -0.4 is 19.9 Å². The minimum absolute atomic E-state index is 0.0226. The molecule has 3 aromatic rings. The van der Waals surface area contributed by atoms with Crippen LogP contribution in [0.5, 0.6) is 17.4 Å². The summed E-state index contributed by atoms with van der Waals surface area (Å²) in [5.74, 6) is 1.05. The maximum atomic E-state index is 9.80. The van der Waals surface area contributed by atoms with E-state index in [-0.39, 0.29) is 12.5 Å². The normalized spacial score (nSPS) is 15.2. The van der Waals surface area contributed by atoms with Crippen molar-refractivity contribution in [3.05, 3.63) is 81.3 Å². The van der Waals surface area contributed by atoms with Crippen LogP contribution in [0, 0.1) is 18.3 Å². The van der Waals surface area contributed by atoms with E-state index < -0.39 is 5.92 Å². The number of nitrogens with zero attached hydrogens (tertiary/aromatic N) is 2. The number of allylic oxidation sites excluding steroid dienone is 1. The second-order valence-corrected chi connectivity index (χ2v) is 7.18. The predicted molar refractivity (Wildman–Crippen MR) is 111 cm³/mol. The summed E-state index contributed by atoms with van der Waals surface area (Å²) in [6.07, 6.45) is 0. The number of methoxy groups -OCH3 is 1. The van der Waals surface area contributed by atoms with Gasteiger partial charge in [-0.25, -0.2) is 0 Å². The minimum Gasteiger partial charge on any atom is -0.497 e. The van der Waals surface area contributed by atoms with Crippen molar-refractivity contribution in [3.8, 4) is 23.4 Å². The van der Waals surface area contributed by atoms with Crippen LogP contribution in [0.25, 0.3) is 0 Å². The highest BCUT2D eigenvalue weighted by Crippen LogP contribution is 2.46. The molecule has 0 bridgehead atoms. The Morgan fingerprint density at radius 3 is 2.83 bits per heavy atom. The van der Waals surface area contributed by atoms with Gasteiger partial charge in [0, 0.05) is 33.5 Å². The molecule has 3 N–H and O–H groups in total. The highest BCUT2D eigenvalue weighted by atomic mass is 35.5. The van der Waals surface area contributed by atoms with Gasteiger partial charge >= 0.3 is 0 Å². The molecule has 0 saturated carbocycles. The smallest absolute Gasteiger partial charge is 0.244 e. The van der Waals surface area contributed by atoms with Crippen molar-refractivity contribution in [1.29, 1.82) is 5.26 Å². The SMILES string of the molecule is COc1ccc([C@@H]2C(C#N)=C(N)Oc3n[nH]c(C)c32)c(OCc2ccccc2Cl)c1. The lowest BCUT2D eigenvalue weighted by Crippen LogP contribution is -2.21. The number of aryl methyl sites for hydroxylation is 1. The van der Waals surface area contributed by atoms with E-state index >= 15 is 0 Å². The third-order valence-corrected chi connectivity index (χ3v) is 5.37. The van der Waals surface area contributed by atoms with Gasteiger partial charge in [0.05, 0.1) is 13.0 Å². The summed E-state index contributed by atoms with van der Waals surface area (Å²) in [7, 11) is 1.58. The number of hydrogen-bond acceptors (Lipinski definition) is 6. The summed E-state index contributed by atoms with van der Waals surface area (Å²) in [5.41, 5.74) is 9.44. The highest BCUT2D eigenvalue weighted by molar-refractivity contribution is 6.31. The second-order valence-electron chi connectivity index (χ2n) is 6.78. The molecular weight excluding hydrogens is 404 g/mol. The number of nitriles is 1. The van der Waals surface area contributed by atoms with E-state index in [0.29, 0.717) is 28.0 Å². The third kappa shape index (κ3) is 3.42. The van der Waals surface area contributed by atoms with Gasteiger partial charge in [-0.15, -0.1) is 5.10 Å². The molecule has 1 aliphatic rings. The van der Waals surface area contributed by atoms with Crippen LogP contribution in [0.2, 0.25) is 5.02 Å². The van der Waals surface area contributed by atoms with Crippen molar-refractivity contribution in [2.75, 3.05) is 7.11 Å². The number of rotatable bonds is 5. The molecule has 2 heterocycles. The Labute approximate surface area is 178 Å². The van der Waals surface area contributed by atoms with E-state index in [1.54, 1.807) is 13.2 Å². The summed E-state index contributed by atoms with van der Waals surface area (Å²) < 4.78 is 17.1. The first kappa shape index (κ1) is 19.7. The van der Waals surface area contributed by atoms with E-state index in [9.17, 15) is 5.26 Å². The Bertz CT molecular complexity index is 1180. The molecule has 7 nitrogen and oxygen atoms in total. The van der Waals surface area contributed by atoms with Crippen molar-refractivity contribution >= 4 is 11.6 Å². The molecule has 2 aromatic carbocycles. The van der Waals surface area contributed by atoms with Crippen molar-refractivity contribution in [2.45, 2.75) is 19.4 Å². The average molecular weight is 423 g/mol. The fourth-order valence-corrected chi connectivity index (χ4v) is 3.68. The van der Waals surface area contributed by atoms with Gasteiger partial charge < -0.3 is 19.9 Å². The van der Waals surface area contributed by atoms with E-state index in [0.717, 1.165) is 22.4 Å². The molecule has 0 spiro atoms. The summed E-state index contributed by atoms with van der Waals surface area (Å²) in [5, 5.41) is 17.5. The number of benzene rings is 2. The van der Waals surface area contributed by atoms with Crippen LogP contribution in [-0.2, 0) is 6.61 Å². The van der Waals surface area contributed by atoms with Gasteiger partial charge in [-0.1, -0.05) is 35.9 Å². The van der Waals surface area contributed by atoms with Gasteiger partial charge in [0.1, 0.15) is 29.7 Å². The number of nitrogens with one attached hydrogen (secondary N) is 1. The van der Waals surface area contributed by atoms with Crippen molar-refractivity contribution < 1.29 is 14.2 Å². The Kier molecular flexibility index (Phi) is 5.25. The number of aromatic nitrogens is 2. The summed E-state index contributed by atoms with van der Waals surface area (Å²) in [6, 6.07) is 15.1. The predicted octanol–water partition coefficient (Wildman–Crippen LogP) is 4.18. The zero-order valence-corrected chi connectivity index (χ0v) is 17.2. The van der Waals surface area contributed by atoms with Crippen molar-refractivity contribution in [3.63, 3.8) is 0 Å². The first-order valence-corrected chi connectivity index (χ1v) is 9.57. The molecule has 8 heteroatoms. The molecule has 152 valence electrons. The van der Waals surface area contributed by atoms with Gasteiger partial charge in [0.2, 0.25) is 11.8 Å². The summed E-state index contributed by atoms with van der Waals surface area (Å²) in [4.78, 5) is 0.